The largest absolute Gasteiger partial charge is 0.338 e. The van der Waals surface area contributed by atoms with Gasteiger partial charge in [0.1, 0.15) is 17.5 Å². The second-order valence-corrected chi connectivity index (χ2v) is 26.4. The number of benzene rings is 8. The van der Waals surface area contributed by atoms with Crippen LogP contribution in [0.5, 0.6) is 0 Å². The number of aromatic nitrogens is 12. The van der Waals surface area contributed by atoms with Crippen LogP contribution in [0.15, 0.2) is 280 Å². The maximum Gasteiger partial charge on any atom is 0.160 e. The number of pyridine rings is 4. The topological polar surface area (TPSA) is 203 Å². The van der Waals surface area contributed by atoms with Crippen molar-refractivity contribution in [1.29, 1.82) is 0 Å². The summed E-state index contributed by atoms with van der Waals surface area (Å²) >= 11 is 17.6. The van der Waals surface area contributed by atoms with Crippen LogP contribution in [0, 0.1) is 17.5 Å². The fourth-order valence-electron chi connectivity index (χ4n) is 11.1. The van der Waals surface area contributed by atoms with E-state index in [4.69, 9.17) is 34.8 Å². The minimum absolute atomic E-state index is 0.0570. The van der Waals surface area contributed by atoms with Crippen LogP contribution < -0.4 is 21.3 Å². The molecule has 8 heterocycles. The Morgan fingerprint density at radius 3 is 0.673 bits per heavy atom. The lowest BCUT2D eigenvalue weighted by Crippen LogP contribution is -2.02. The number of nitrogens with zero attached hydrogens (tertiary/aromatic N) is 12. The number of hydrogen-bond donors (Lipinski definition) is 4. The molecule has 0 atom stereocenters. The number of rotatable bonds is 16. The van der Waals surface area contributed by atoms with E-state index in [2.05, 4.69) is 136 Å². The van der Waals surface area contributed by atoms with Gasteiger partial charge < -0.3 is 21.3 Å². The average molecular weight is 1570 g/mol. The van der Waals surface area contributed by atoms with Crippen molar-refractivity contribution >= 4 is 124 Å². The molecule has 0 bridgehead atoms. The van der Waals surface area contributed by atoms with Gasteiger partial charge in [-0.15, -0.1) is 20.4 Å². The van der Waals surface area contributed by atoms with Gasteiger partial charge in [-0.2, -0.15) is 20.4 Å². The molecule has 4 N–H and O–H groups in total. The summed E-state index contributed by atoms with van der Waals surface area (Å²) in [5.74, 6) is 1.20. The molecule has 8 aromatic heterocycles. The third-order valence-corrected chi connectivity index (χ3v) is 17.0. The zero-order valence-electron chi connectivity index (χ0n) is 64.1. The summed E-state index contributed by atoms with van der Waals surface area (Å²) in [6.45, 7) is 16.8. The van der Waals surface area contributed by atoms with Crippen LogP contribution in [0.1, 0.15) is 120 Å². The molecule has 574 valence electrons. The normalized spacial score (nSPS) is 10.3. The summed E-state index contributed by atoms with van der Waals surface area (Å²) in [4.78, 5) is 16.2. The van der Waals surface area contributed by atoms with Gasteiger partial charge in [0.15, 0.2) is 23.3 Å². The van der Waals surface area contributed by atoms with Crippen molar-refractivity contribution in [1.82, 2.24) is 60.7 Å². The van der Waals surface area contributed by atoms with Crippen molar-refractivity contribution in [2.75, 3.05) is 21.3 Å². The van der Waals surface area contributed by atoms with Gasteiger partial charge in [-0.05, 0) is 138 Å². The SMILES string of the molecule is CC.CCC.CCC.CCC.Fc1ccc(Nc2nnc(Cc3ccncc3)c3ccccc23)cc1Cl.Fc1ccc(Nc2nnc(Cc3ccncc3)c3ccccc23)cc1Cl.Fc1ccc(Nc2nnc(Cc3ccncc3)c3ccccc23)cc1Cl.c1ccc(Nc2nnc(Cc3ccncc3)c3ccccc23)cc1. The minimum Gasteiger partial charge on any atom is -0.338 e. The molecule has 16 rings (SSSR count). The number of halogens is 6. The van der Waals surface area contributed by atoms with Crippen molar-refractivity contribution < 1.29 is 13.2 Å². The summed E-state index contributed by atoms with van der Waals surface area (Å²) in [7, 11) is 0. The lowest BCUT2D eigenvalue weighted by Gasteiger charge is -2.11. The van der Waals surface area contributed by atoms with Crippen molar-refractivity contribution in [3.8, 4) is 0 Å². The number of fused-ring (bicyclic) bond motifs is 4. The van der Waals surface area contributed by atoms with Crippen LogP contribution in [-0.2, 0) is 25.7 Å². The van der Waals surface area contributed by atoms with Crippen LogP contribution in [-0.4, -0.2) is 60.7 Å². The van der Waals surface area contributed by atoms with E-state index in [0.29, 0.717) is 53.8 Å². The molecule has 0 unspecified atom stereocenters. The van der Waals surface area contributed by atoms with Crippen molar-refractivity contribution in [2.45, 2.75) is 100 Å². The molecule has 0 amide bonds. The van der Waals surface area contributed by atoms with Gasteiger partial charge in [0.25, 0.3) is 0 Å². The Labute approximate surface area is 672 Å². The molecule has 0 fully saturated rings. The van der Waals surface area contributed by atoms with E-state index < -0.39 is 17.5 Å². The van der Waals surface area contributed by atoms with E-state index in [0.717, 1.165) is 100 Å². The summed E-state index contributed by atoms with van der Waals surface area (Å²) in [6, 6.07) is 71.1. The molecule has 113 heavy (non-hydrogen) atoms. The standard InChI is InChI=1S/3C20H14ClFN4.C20H16N4.3C3H8.C2H6/c3*21-17-12-14(5-6-18(17)22)24-20-16-4-2-1-3-15(16)19(25-26-20)11-13-7-9-23-10-8-13;1-2-6-16(7-3-1)22-20-18-9-5-4-8-17(18)19(23-24-20)14-15-10-12-21-13-11-15;3*1-3-2;1-2/h3*1-10,12H,11H2,(H,24,26);1-13H,14H2,(H,22,24);3*3H2,1-2H3;1-2H3. The zero-order valence-corrected chi connectivity index (χ0v) is 66.4. The summed E-state index contributed by atoms with van der Waals surface area (Å²) in [5, 5.41) is 56.2. The van der Waals surface area contributed by atoms with Gasteiger partial charge in [-0.25, -0.2) is 13.2 Å². The van der Waals surface area contributed by atoms with E-state index in [1.807, 2.05) is 178 Å². The van der Waals surface area contributed by atoms with Crippen LogP contribution in [0.25, 0.3) is 43.1 Å². The van der Waals surface area contributed by atoms with Crippen LogP contribution >= 0.6 is 34.8 Å². The van der Waals surface area contributed by atoms with E-state index in [1.54, 1.807) is 67.8 Å². The van der Waals surface area contributed by atoms with Gasteiger partial charge >= 0.3 is 0 Å². The highest BCUT2D eigenvalue weighted by molar-refractivity contribution is 6.31. The van der Waals surface area contributed by atoms with Gasteiger partial charge in [-0.1, -0.05) is 225 Å². The van der Waals surface area contributed by atoms with Gasteiger partial charge in [0.05, 0.1) is 37.8 Å². The first-order valence-corrected chi connectivity index (χ1v) is 38.4. The molecule has 0 aliphatic rings. The fourth-order valence-corrected chi connectivity index (χ4v) is 11.6. The smallest absolute Gasteiger partial charge is 0.160 e. The predicted molar refractivity (Wildman–Crippen MR) is 459 cm³/mol. The van der Waals surface area contributed by atoms with Crippen LogP contribution in [0.4, 0.5) is 59.2 Å². The Balaban J connectivity index is 0.000000165. The van der Waals surface area contributed by atoms with Gasteiger partial charge in [-0.3, -0.25) is 19.9 Å². The number of nitrogens with one attached hydrogen (secondary N) is 4. The monoisotopic (exact) mass is 1570 g/mol. The first kappa shape index (κ1) is 84.6. The van der Waals surface area contributed by atoms with E-state index in [9.17, 15) is 13.2 Å². The molecular formula is C91H88Cl3F3N16. The summed E-state index contributed by atoms with van der Waals surface area (Å²) in [6.07, 6.45) is 20.7. The predicted octanol–water partition coefficient (Wildman–Crippen LogP) is 25.1. The molecule has 0 radical (unpaired) electrons. The summed E-state index contributed by atoms with van der Waals surface area (Å²) < 4.78 is 40.1. The van der Waals surface area contributed by atoms with E-state index in [-0.39, 0.29) is 15.1 Å². The van der Waals surface area contributed by atoms with Crippen molar-refractivity contribution in [3.05, 3.63) is 358 Å². The zero-order chi connectivity index (χ0) is 80.1. The van der Waals surface area contributed by atoms with E-state index in [1.165, 1.54) is 61.2 Å². The van der Waals surface area contributed by atoms with Gasteiger partial charge in [0, 0.05) is 141 Å². The highest BCUT2D eigenvalue weighted by Crippen LogP contribution is 2.34. The lowest BCUT2D eigenvalue weighted by atomic mass is 10.0. The Kier molecular flexibility index (Phi) is 33.7. The second-order valence-electron chi connectivity index (χ2n) is 25.2. The van der Waals surface area contributed by atoms with Gasteiger partial charge in [0.2, 0.25) is 0 Å². The average Bonchev–Trinajstić information content (AvgIpc) is 0.809. The highest BCUT2D eigenvalue weighted by Gasteiger charge is 2.16. The van der Waals surface area contributed by atoms with Crippen molar-refractivity contribution in [3.63, 3.8) is 0 Å². The molecule has 0 saturated heterocycles. The molecule has 16 nitrogen and oxygen atoms in total. The molecule has 0 aliphatic heterocycles. The highest BCUT2D eigenvalue weighted by atomic mass is 35.5. The van der Waals surface area contributed by atoms with Crippen molar-refractivity contribution in [2.24, 2.45) is 0 Å². The van der Waals surface area contributed by atoms with Crippen LogP contribution in [0.2, 0.25) is 15.1 Å². The first-order chi connectivity index (χ1) is 55.3. The maximum absolute atomic E-state index is 13.4. The molecule has 0 aliphatic carbocycles. The van der Waals surface area contributed by atoms with Crippen LogP contribution in [0.3, 0.4) is 0 Å². The Morgan fingerprint density at radius 2 is 0.451 bits per heavy atom. The third kappa shape index (κ3) is 25.0. The molecule has 0 spiro atoms. The molecule has 22 heteroatoms. The quantitative estimate of drug-likeness (QED) is 0.0711. The Morgan fingerprint density at radius 1 is 0.248 bits per heavy atom. The third-order valence-electron chi connectivity index (χ3n) is 16.1. The lowest BCUT2D eigenvalue weighted by molar-refractivity contribution is 0.628. The molecule has 16 aromatic rings. The fraction of sp³-hybridized carbons (Fsp3) is 0.165. The maximum atomic E-state index is 13.4. The molecule has 0 saturated carbocycles. The number of hydrogen-bond acceptors (Lipinski definition) is 16. The minimum atomic E-state index is -0.458. The molecule has 8 aromatic carbocycles. The molecular weight excluding hydrogens is 1480 g/mol. The first-order valence-electron chi connectivity index (χ1n) is 37.3. The van der Waals surface area contributed by atoms with E-state index >= 15 is 0 Å². The number of para-hydroxylation sites is 1. The summed E-state index contributed by atoms with van der Waals surface area (Å²) in [5.41, 5.74) is 11.1. The Bertz CT molecular complexity index is 5100. The Hall–Kier alpha value is -12.4. The second kappa shape index (κ2) is 45.0. The number of anilines is 8.